The molecule has 0 aliphatic rings. The molecule has 0 bridgehead atoms. The molecule has 19 heteroatoms. The Bertz CT molecular complexity index is 2270. The Balaban J connectivity index is 5.42. The molecule has 0 aromatic carbocycles. The third-order valence-electron chi connectivity index (χ3n) is 16.5. The minimum absolute atomic E-state index is 0.0176. The molecule has 0 aromatic rings. The third-order valence-corrected chi connectivity index (χ3v) is 18.4. The maximum atomic E-state index is 13.1. The van der Waals surface area contributed by atoms with Crippen LogP contribution >= 0.6 is 15.6 Å². The Hall–Kier alpha value is -4.02. The van der Waals surface area contributed by atoms with Crippen LogP contribution in [0.1, 0.15) is 336 Å². The van der Waals surface area contributed by atoms with Crippen LogP contribution in [0.2, 0.25) is 0 Å². The summed E-state index contributed by atoms with van der Waals surface area (Å²) in [5, 5.41) is 10.6. The molecular weight excluding hydrogens is 1310 g/mol. The third kappa shape index (κ3) is 72.3. The maximum absolute atomic E-state index is 13.1. The Kier molecular flexibility index (Phi) is 70.4. The van der Waals surface area contributed by atoms with Gasteiger partial charge in [0.15, 0.2) is 12.2 Å². The van der Waals surface area contributed by atoms with E-state index in [-0.39, 0.29) is 25.7 Å². The summed E-state index contributed by atoms with van der Waals surface area (Å²) in [6.07, 6.45) is 76.8. The van der Waals surface area contributed by atoms with E-state index < -0.39 is 97.5 Å². The number of hydrogen-bond acceptors (Lipinski definition) is 15. The van der Waals surface area contributed by atoms with Crippen molar-refractivity contribution in [2.45, 2.75) is 354 Å². The van der Waals surface area contributed by atoms with Gasteiger partial charge in [-0.3, -0.25) is 37.3 Å². The highest BCUT2D eigenvalue weighted by Crippen LogP contribution is 2.45. The molecule has 0 spiro atoms. The van der Waals surface area contributed by atoms with Crippen LogP contribution in [0.4, 0.5) is 0 Å². The van der Waals surface area contributed by atoms with Crippen LogP contribution in [-0.2, 0) is 65.4 Å². The number of rotatable bonds is 74. The molecule has 0 amide bonds. The smallest absolute Gasteiger partial charge is 0.462 e. The molecule has 0 heterocycles. The van der Waals surface area contributed by atoms with E-state index in [9.17, 15) is 43.2 Å². The summed E-state index contributed by atoms with van der Waals surface area (Å²) in [4.78, 5) is 72.9. The maximum Gasteiger partial charge on any atom is 0.472 e. The van der Waals surface area contributed by atoms with Crippen molar-refractivity contribution in [1.29, 1.82) is 0 Å². The highest BCUT2D eigenvalue weighted by atomic mass is 31.2. The van der Waals surface area contributed by atoms with Crippen LogP contribution in [0.3, 0.4) is 0 Å². The Morgan fingerprint density at radius 3 is 0.830 bits per heavy atom. The summed E-state index contributed by atoms with van der Waals surface area (Å²) in [6.45, 7) is 4.73. The highest BCUT2D eigenvalue weighted by molar-refractivity contribution is 7.47. The molecule has 0 aromatic heterocycles. The predicted octanol–water partition coefficient (Wildman–Crippen LogP) is 22.8. The van der Waals surface area contributed by atoms with Crippen molar-refractivity contribution in [3.63, 3.8) is 0 Å². The minimum Gasteiger partial charge on any atom is -0.462 e. The van der Waals surface area contributed by atoms with Crippen molar-refractivity contribution in [2.75, 3.05) is 39.6 Å². The number of esters is 4. The topological polar surface area (TPSA) is 237 Å². The van der Waals surface area contributed by atoms with Crippen LogP contribution in [0.5, 0.6) is 0 Å². The number of carbonyl (C=O) groups excluding carboxylic acids is 4. The number of phosphoric ester groups is 2. The lowest BCUT2D eigenvalue weighted by atomic mass is 10.1. The van der Waals surface area contributed by atoms with Gasteiger partial charge in [0, 0.05) is 25.7 Å². The molecule has 0 radical (unpaired) electrons. The summed E-state index contributed by atoms with van der Waals surface area (Å²) < 4.78 is 68.5. The standard InChI is InChI=1S/C81H142O17P2/c1-5-9-13-17-21-25-29-33-36-37-40-44-48-52-56-60-64-68-81(86)98-76(71-91-78(83)65-61-57-53-49-45-41-32-28-24-20-16-12-8-4)73-95-99(87,88)93-69-75(82)70-94-100(89,90)96-74-77(97-80(85)67-63-59-55-51-47-43-39-35-31-27-23-19-15-11-7-3)72-92-79(84)66-62-58-54-50-46-42-38-34-30-26-22-18-14-10-6-2/h21-22,25-26,28,32-36,38-40,44,52,56,75-77,82H,5-20,23-24,27,29-31,37,41-43,45-51,53-55,57-74H2,1-4H3,(H,87,88)(H,89,90)/b25-21-,26-22-,32-28-,36-33-,38-34-,39-35-,44-40-,56-52-/t75-,76-,77-/m1/s1. The van der Waals surface area contributed by atoms with E-state index in [4.69, 9.17) is 37.0 Å². The Labute approximate surface area is 607 Å². The molecule has 17 nitrogen and oxygen atoms in total. The number of aliphatic hydroxyl groups excluding tert-OH is 1. The van der Waals surface area contributed by atoms with Crippen molar-refractivity contribution < 1.29 is 80.2 Å². The number of allylic oxidation sites excluding steroid dienone is 16. The molecule has 578 valence electrons. The van der Waals surface area contributed by atoms with E-state index in [1.54, 1.807) is 0 Å². The van der Waals surface area contributed by atoms with Gasteiger partial charge in [-0.25, -0.2) is 9.13 Å². The van der Waals surface area contributed by atoms with Crippen molar-refractivity contribution in [2.24, 2.45) is 0 Å². The van der Waals surface area contributed by atoms with Gasteiger partial charge in [0.05, 0.1) is 26.4 Å². The van der Waals surface area contributed by atoms with Crippen molar-refractivity contribution >= 4 is 39.5 Å². The largest absolute Gasteiger partial charge is 0.472 e. The molecule has 0 rings (SSSR count). The molecule has 0 saturated heterocycles. The van der Waals surface area contributed by atoms with Gasteiger partial charge in [-0.2, -0.15) is 0 Å². The van der Waals surface area contributed by atoms with E-state index in [1.165, 1.54) is 103 Å². The van der Waals surface area contributed by atoms with Gasteiger partial charge in [0.1, 0.15) is 19.3 Å². The van der Waals surface area contributed by atoms with Gasteiger partial charge >= 0.3 is 39.5 Å². The van der Waals surface area contributed by atoms with Gasteiger partial charge in [-0.15, -0.1) is 0 Å². The predicted molar refractivity (Wildman–Crippen MR) is 409 cm³/mol. The fraction of sp³-hybridized carbons (Fsp3) is 0.753. The summed E-state index contributed by atoms with van der Waals surface area (Å²) in [7, 11) is -9.97. The van der Waals surface area contributed by atoms with E-state index in [0.717, 1.165) is 148 Å². The summed E-state index contributed by atoms with van der Waals surface area (Å²) in [5.41, 5.74) is 0. The number of phosphoric acid groups is 2. The summed E-state index contributed by atoms with van der Waals surface area (Å²) in [6, 6.07) is 0. The Morgan fingerprint density at radius 1 is 0.280 bits per heavy atom. The minimum atomic E-state index is -4.99. The number of hydrogen-bond donors (Lipinski definition) is 3. The number of ether oxygens (including phenoxy) is 4. The molecule has 3 N–H and O–H groups in total. The van der Waals surface area contributed by atoms with E-state index >= 15 is 0 Å². The second-order valence-corrected chi connectivity index (χ2v) is 29.2. The SMILES string of the molecule is CCCCC/C=C\C/C=C\C/C=C\C/C=C\CCCC(=O)O[C@H](COC(=O)CCCCCCC/C=C\CCCCCC)COP(=O)(O)OC[C@@H](O)COP(=O)(O)OC[C@@H](COC(=O)CCCCCCC/C=C\C/C=C\CCCCC)OC(=O)CCCCCCC/C=C\CCCCCCCC. The first-order chi connectivity index (χ1) is 48.7. The van der Waals surface area contributed by atoms with E-state index in [2.05, 4.69) is 113 Å². The van der Waals surface area contributed by atoms with Crippen LogP contribution in [0, 0.1) is 0 Å². The molecule has 0 fully saturated rings. The molecule has 0 saturated carbocycles. The van der Waals surface area contributed by atoms with Crippen molar-refractivity contribution in [3.05, 3.63) is 97.2 Å². The van der Waals surface area contributed by atoms with Crippen LogP contribution in [-0.4, -0.2) is 96.7 Å². The monoisotopic (exact) mass is 1450 g/mol. The quantitative estimate of drug-likeness (QED) is 0.0169. The first kappa shape index (κ1) is 96.0. The lowest BCUT2D eigenvalue weighted by Gasteiger charge is -2.21. The van der Waals surface area contributed by atoms with Gasteiger partial charge in [0.2, 0.25) is 0 Å². The second kappa shape index (κ2) is 73.3. The number of carbonyl (C=O) groups is 4. The average Bonchev–Trinajstić information content (AvgIpc) is 1.13. The molecular formula is C81H142O17P2. The number of aliphatic hydroxyl groups is 1. The highest BCUT2D eigenvalue weighted by Gasteiger charge is 2.30. The lowest BCUT2D eigenvalue weighted by molar-refractivity contribution is -0.161. The summed E-state index contributed by atoms with van der Waals surface area (Å²) in [5.74, 6) is -2.26. The fourth-order valence-electron chi connectivity index (χ4n) is 10.4. The van der Waals surface area contributed by atoms with Gasteiger partial charge < -0.3 is 33.8 Å². The Morgan fingerprint density at radius 2 is 0.500 bits per heavy atom. The molecule has 0 aliphatic carbocycles. The zero-order valence-corrected chi connectivity index (χ0v) is 64.9. The zero-order chi connectivity index (χ0) is 73.2. The normalized spacial score (nSPS) is 14.4. The fourth-order valence-corrected chi connectivity index (χ4v) is 12.0. The van der Waals surface area contributed by atoms with Crippen LogP contribution in [0.15, 0.2) is 97.2 Å². The van der Waals surface area contributed by atoms with Gasteiger partial charge in [0.25, 0.3) is 0 Å². The zero-order valence-electron chi connectivity index (χ0n) is 63.1. The van der Waals surface area contributed by atoms with E-state index in [0.29, 0.717) is 32.1 Å². The molecule has 5 atom stereocenters. The summed E-state index contributed by atoms with van der Waals surface area (Å²) >= 11 is 0. The van der Waals surface area contributed by atoms with Gasteiger partial charge in [-0.05, 0) is 148 Å². The van der Waals surface area contributed by atoms with Crippen molar-refractivity contribution in [3.8, 4) is 0 Å². The van der Waals surface area contributed by atoms with Crippen LogP contribution in [0.25, 0.3) is 0 Å². The first-order valence-electron chi connectivity index (χ1n) is 39.5. The van der Waals surface area contributed by atoms with Crippen LogP contribution < -0.4 is 0 Å². The molecule has 0 aliphatic heterocycles. The number of unbranched alkanes of at least 4 members (excludes halogenated alkanes) is 32. The lowest BCUT2D eigenvalue weighted by Crippen LogP contribution is -2.30. The second-order valence-electron chi connectivity index (χ2n) is 26.3. The molecule has 2 unspecified atom stereocenters. The van der Waals surface area contributed by atoms with Crippen molar-refractivity contribution in [1.82, 2.24) is 0 Å². The van der Waals surface area contributed by atoms with Gasteiger partial charge in [-0.1, -0.05) is 260 Å². The average molecular weight is 1450 g/mol. The molecule has 100 heavy (non-hydrogen) atoms. The first-order valence-corrected chi connectivity index (χ1v) is 42.5. The van der Waals surface area contributed by atoms with E-state index in [1.807, 2.05) is 12.2 Å².